The van der Waals surface area contributed by atoms with Crippen LogP contribution in [0.15, 0.2) is 48.8 Å². The molecule has 0 saturated heterocycles. The summed E-state index contributed by atoms with van der Waals surface area (Å²) in [6, 6.07) is 13.4. The van der Waals surface area contributed by atoms with E-state index in [-0.39, 0.29) is 6.10 Å². The zero-order chi connectivity index (χ0) is 20.0. The van der Waals surface area contributed by atoms with Crippen molar-refractivity contribution >= 4 is 10.9 Å². The number of alkyl halides is 2. The molecule has 5 rings (SSSR count). The molecule has 1 N–H and O–H groups in total. The minimum atomic E-state index is -2.70. The summed E-state index contributed by atoms with van der Waals surface area (Å²) in [5.41, 5.74) is 4.71. The van der Waals surface area contributed by atoms with E-state index in [9.17, 15) is 8.78 Å². The smallest absolute Gasteiger partial charge is 0.333 e. The number of ether oxygens (including phenoxy) is 1. The van der Waals surface area contributed by atoms with Gasteiger partial charge in [-0.1, -0.05) is 6.07 Å². The van der Waals surface area contributed by atoms with Gasteiger partial charge in [0.05, 0.1) is 23.3 Å². The fourth-order valence-corrected chi connectivity index (χ4v) is 3.79. The van der Waals surface area contributed by atoms with Gasteiger partial charge in [0, 0.05) is 17.1 Å². The third kappa shape index (κ3) is 3.01. The molecular weight excluding hydrogens is 376 g/mol. The Morgan fingerprint density at radius 3 is 2.93 bits per heavy atom. The van der Waals surface area contributed by atoms with Crippen LogP contribution in [-0.2, 0) is 6.42 Å². The highest BCUT2D eigenvalue weighted by atomic mass is 19.3. The SMILES string of the molecule is N#Cc1ccc2c(c1)CCC2Oc1ccc2[nH]nc(-c3cnn(C(F)F)c3)c2c1. The molecule has 1 unspecified atom stereocenters. The van der Waals surface area contributed by atoms with E-state index < -0.39 is 6.55 Å². The highest BCUT2D eigenvalue weighted by molar-refractivity contribution is 5.93. The Kier molecular flexibility index (Phi) is 4.02. The lowest BCUT2D eigenvalue weighted by molar-refractivity contribution is 0.0566. The van der Waals surface area contributed by atoms with Crippen molar-refractivity contribution < 1.29 is 13.5 Å². The van der Waals surface area contributed by atoms with Gasteiger partial charge in [0.25, 0.3) is 0 Å². The normalized spacial score (nSPS) is 15.6. The maximum atomic E-state index is 12.8. The standard InChI is InChI=1S/C21H15F2N5O/c22-21(23)28-11-14(10-25-28)20-17-8-15(3-5-18(17)26-27-20)29-19-6-2-13-7-12(9-24)1-4-16(13)19/h1,3-5,7-8,10-11,19,21H,2,6H2,(H,26,27). The lowest BCUT2D eigenvalue weighted by Crippen LogP contribution is -2.03. The zero-order valence-electron chi connectivity index (χ0n) is 15.1. The van der Waals surface area contributed by atoms with Gasteiger partial charge in [0.2, 0.25) is 0 Å². The fraction of sp³-hybridized carbons (Fsp3) is 0.190. The number of hydrogen-bond donors (Lipinski definition) is 1. The number of nitriles is 1. The largest absolute Gasteiger partial charge is 0.486 e. The van der Waals surface area contributed by atoms with E-state index >= 15 is 0 Å². The van der Waals surface area contributed by atoms with E-state index in [4.69, 9.17) is 10.00 Å². The number of H-pyrrole nitrogens is 1. The molecule has 0 spiro atoms. The Morgan fingerprint density at radius 2 is 2.14 bits per heavy atom. The number of aromatic amines is 1. The van der Waals surface area contributed by atoms with Crippen LogP contribution in [0.3, 0.4) is 0 Å². The van der Waals surface area contributed by atoms with E-state index in [0.717, 1.165) is 34.9 Å². The molecule has 0 bridgehead atoms. The van der Waals surface area contributed by atoms with Crippen molar-refractivity contribution in [3.63, 3.8) is 0 Å². The molecule has 2 heterocycles. The number of fused-ring (bicyclic) bond motifs is 2. The molecular formula is C21H15F2N5O. The third-order valence-corrected chi connectivity index (χ3v) is 5.18. The zero-order valence-corrected chi connectivity index (χ0v) is 15.1. The first-order valence-corrected chi connectivity index (χ1v) is 9.13. The van der Waals surface area contributed by atoms with Crippen LogP contribution in [0.2, 0.25) is 0 Å². The molecule has 0 amide bonds. The highest BCUT2D eigenvalue weighted by Crippen LogP contribution is 2.37. The molecule has 144 valence electrons. The number of halogens is 2. The van der Waals surface area contributed by atoms with Crippen LogP contribution >= 0.6 is 0 Å². The molecule has 1 atom stereocenters. The molecule has 4 aromatic rings. The molecule has 0 saturated carbocycles. The quantitative estimate of drug-likeness (QED) is 0.544. The van der Waals surface area contributed by atoms with Crippen LogP contribution in [0, 0.1) is 11.3 Å². The molecule has 0 radical (unpaired) electrons. The molecule has 0 aliphatic heterocycles. The van der Waals surface area contributed by atoms with Crippen molar-refractivity contribution in [1.29, 1.82) is 5.26 Å². The summed E-state index contributed by atoms with van der Waals surface area (Å²) in [5.74, 6) is 0.670. The Hall–Kier alpha value is -3.73. The Labute approximate surface area is 164 Å². The van der Waals surface area contributed by atoms with Gasteiger partial charge >= 0.3 is 6.55 Å². The monoisotopic (exact) mass is 391 g/mol. The summed E-state index contributed by atoms with van der Waals surface area (Å²) in [7, 11) is 0. The van der Waals surface area contributed by atoms with Crippen LogP contribution in [-0.4, -0.2) is 20.0 Å². The molecule has 6 nitrogen and oxygen atoms in total. The van der Waals surface area contributed by atoms with Crippen molar-refractivity contribution in [2.75, 3.05) is 0 Å². The average Bonchev–Trinajstić information content (AvgIpc) is 3.45. The van der Waals surface area contributed by atoms with Crippen molar-refractivity contribution in [1.82, 2.24) is 20.0 Å². The lowest BCUT2D eigenvalue weighted by Gasteiger charge is -2.15. The van der Waals surface area contributed by atoms with Gasteiger partial charge in [-0.15, -0.1) is 0 Å². The second kappa shape index (κ2) is 6.71. The molecule has 2 aromatic carbocycles. The van der Waals surface area contributed by atoms with Gasteiger partial charge in [-0.05, 0) is 54.3 Å². The van der Waals surface area contributed by atoms with Gasteiger partial charge in [0.15, 0.2) is 0 Å². The minimum Gasteiger partial charge on any atom is -0.486 e. The molecule has 29 heavy (non-hydrogen) atoms. The maximum absolute atomic E-state index is 12.8. The summed E-state index contributed by atoms with van der Waals surface area (Å²) >= 11 is 0. The van der Waals surface area contributed by atoms with Gasteiger partial charge in [-0.3, -0.25) is 5.10 Å². The molecule has 0 fully saturated rings. The fourth-order valence-electron chi connectivity index (χ4n) is 3.79. The van der Waals surface area contributed by atoms with Gasteiger partial charge in [0.1, 0.15) is 17.5 Å². The maximum Gasteiger partial charge on any atom is 0.333 e. The van der Waals surface area contributed by atoms with Gasteiger partial charge in [-0.25, -0.2) is 4.68 Å². The van der Waals surface area contributed by atoms with E-state index in [0.29, 0.717) is 27.3 Å². The molecule has 1 aliphatic carbocycles. The van der Waals surface area contributed by atoms with Crippen molar-refractivity contribution in [2.45, 2.75) is 25.5 Å². The Balaban J connectivity index is 1.46. The van der Waals surface area contributed by atoms with Crippen molar-refractivity contribution in [3.8, 4) is 23.1 Å². The predicted molar refractivity (Wildman–Crippen MR) is 101 cm³/mol. The first kappa shape index (κ1) is 17.4. The topological polar surface area (TPSA) is 79.5 Å². The second-order valence-electron chi connectivity index (χ2n) is 6.94. The first-order chi connectivity index (χ1) is 14.1. The van der Waals surface area contributed by atoms with Crippen LogP contribution in [0.1, 0.15) is 35.8 Å². The van der Waals surface area contributed by atoms with E-state index in [1.54, 1.807) is 6.07 Å². The van der Waals surface area contributed by atoms with Crippen molar-refractivity contribution in [2.24, 2.45) is 0 Å². The lowest BCUT2D eigenvalue weighted by atomic mass is 10.1. The summed E-state index contributed by atoms with van der Waals surface area (Å²) in [4.78, 5) is 0. The van der Waals surface area contributed by atoms with Crippen LogP contribution in [0.4, 0.5) is 8.78 Å². The van der Waals surface area contributed by atoms with Gasteiger partial charge in [-0.2, -0.15) is 24.2 Å². The number of hydrogen-bond acceptors (Lipinski definition) is 4. The van der Waals surface area contributed by atoms with Crippen LogP contribution < -0.4 is 4.74 Å². The van der Waals surface area contributed by atoms with Crippen molar-refractivity contribution in [3.05, 3.63) is 65.5 Å². The number of aromatic nitrogens is 4. The predicted octanol–water partition coefficient (Wildman–Crippen LogP) is 4.76. The summed E-state index contributed by atoms with van der Waals surface area (Å²) in [6.07, 6.45) is 4.25. The molecule has 2 aromatic heterocycles. The Bertz CT molecular complexity index is 1250. The third-order valence-electron chi connectivity index (χ3n) is 5.18. The highest BCUT2D eigenvalue weighted by Gasteiger charge is 2.24. The number of nitrogens with zero attached hydrogens (tertiary/aromatic N) is 4. The number of nitrogens with one attached hydrogen (secondary N) is 1. The van der Waals surface area contributed by atoms with Gasteiger partial charge < -0.3 is 4.74 Å². The second-order valence-corrected chi connectivity index (χ2v) is 6.94. The average molecular weight is 391 g/mol. The van der Waals surface area contributed by atoms with Crippen LogP contribution in [0.25, 0.3) is 22.2 Å². The van der Waals surface area contributed by atoms with E-state index in [2.05, 4.69) is 21.4 Å². The summed E-state index contributed by atoms with van der Waals surface area (Å²) in [5, 5.41) is 20.7. The first-order valence-electron chi connectivity index (χ1n) is 9.13. The summed E-state index contributed by atoms with van der Waals surface area (Å²) < 4.78 is 32.5. The minimum absolute atomic E-state index is 0.0906. The number of benzene rings is 2. The summed E-state index contributed by atoms with van der Waals surface area (Å²) in [6.45, 7) is -2.70. The molecule has 1 aliphatic rings. The van der Waals surface area contributed by atoms with Crippen LogP contribution in [0.5, 0.6) is 5.75 Å². The Morgan fingerprint density at radius 1 is 1.24 bits per heavy atom. The molecule has 8 heteroatoms. The van der Waals surface area contributed by atoms with E-state index in [1.807, 2.05) is 30.3 Å². The number of aryl methyl sites for hydroxylation is 1. The van der Waals surface area contributed by atoms with E-state index in [1.165, 1.54) is 12.4 Å². The number of rotatable bonds is 4.